The number of anilines is 1. The van der Waals surface area contributed by atoms with Gasteiger partial charge in [0.15, 0.2) is 0 Å². The first kappa shape index (κ1) is 14.7. The molecule has 0 aliphatic rings. The predicted molar refractivity (Wildman–Crippen MR) is 90.9 cm³/mol. The molecule has 5 heteroatoms. The normalized spacial score (nSPS) is 10.7. The lowest BCUT2D eigenvalue weighted by atomic mass is 10.2. The van der Waals surface area contributed by atoms with E-state index in [2.05, 4.69) is 20.5 Å². The van der Waals surface area contributed by atoms with Gasteiger partial charge in [-0.25, -0.2) is 4.98 Å². The molecule has 0 saturated carbocycles. The second-order valence-electron chi connectivity index (χ2n) is 4.91. The van der Waals surface area contributed by atoms with Crippen molar-refractivity contribution in [2.45, 2.75) is 6.92 Å². The standard InChI is InChI=1S/C18H16N4O/c1-14-11-19-13-18(21-14)23-17-9-5-6-15(10-17)12-20-22-16-7-3-2-4-8-16/h2-13,22H,1H3. The highest BCUT2D eigenvalue weighted by Crippen LogP contribution is 2.19. The van der Waals surface area contributed by atoms with E-state index in [4.69, 9.17) is 4.74 Å². The second kappa shape index (κ2) is 7.17. The number of hydrogen-bond acceptors (Lipinski definition) is 5. The van der Waals surface area contributed by atoms with E-state index < -0.39 is 0 Å². The van der Waals surface area contributed by atoms with Crippen molar-refractivity contribution in [3.8, 4) is 11.6 Å². The quantitative estimate of drug-likeness (QED) is 0.571. The van der Waals surface area contributed by atoms with Crippen LogP contribution in [0, 0.1) is 6.92 Å². The minimum Gasteiger partial charge on any atom is -0.437 e. The van der Waals surface area contributed by atoms with Crippen LogP contribution in [-0.4, -0.2) is 16.2 Å². The topological polar surface area (TPSA) is 59.4 Å². The van der Waals surface area contributed by atoms with Crippen LogP contribution in [0.1, 0.15) is 11.3 Å². The Labute approximate surface area is 134 Å². The maximum absolute atomic E-state index is 5.71. The number of nitrogens with zero attached hydrogens (tertiary/aromatic N) is 3. The molecule has 0 unspecified atom stereocenters. The minimum absolute atomic E-state index is 0.474. The third-order valence-electron chi connectivity index (χ3n) is 2.99. The van der Waals surface area contributed by atoms with Crippen LogP contribution in [-0.2, 0) is 0 Å². The lowest BCUT2D eigenvalue weighted by Crippen LogP contribution is -1.93. The predicted octanol–water partition coefficient (Wildman–Crippen LogP) is 4.02. The SMILES string of the molecule is Cc1cncc(Oc2cccc(C=NNc3ccccc3)c2)n1. The Kier molecular flexibility index (Phi) is 4.59. The highest BCUT2D eigenvalue weighted by Gasteiger charge is 2.00. The summed E-state index contributed by atoms with van der Waals surface area (Å²) in [4.78, 5) is 8.33. The molecule has 1 aromatic heterocycles. The molecule has 0 aliphatic carbocycles. The van der Waals surface area contributed by atoms with Gasteiger partial charge < -0.3 is 4.74 Å². The molecule has 1 N–H and O–H groups in total. The number of benzene rings is 2. The molecule has 2 aromatic carbocycles. The summed E-state index contributed by atoms with van der Waals surface area (Å²) in [6, 6.07) is 17.4. The number of hydrazone groups is 1. The van der Waals surface area contributed by atoms with Crippen LogP contribution in [0.4, 0.5) is 5.69 Å². The summed E-state index contributed by atoms with van der Waals surface area (Å²) in [6.07, 6.45) is 5.01. The monoisotopic (exact) mass is 304 g/mol. The van der Waals surface area contributed by atoms with Crippen molar-refractivity contribution in [2.75, 3.05) is 5.43 Å². The van der Waals surface area contributed by atoms with E-state index in [0.717, 1.165) is 16.9 Å². The van der Waals surface area contributed by atoms with Gasteiger partial charge in [0.2, 0.25) is 5.88 Å². The van der Waals surface area contributed by atoms with E-state index in [9.17, 15) is 0 Å². The zero-order valence-corrected chi connectivity index (χ0v) is 12.7. The molecule has 0 radical (unpaired) electrons. The van der Waals surface area contributed by atoms with Crippen LogP contribution in [0.15, 0.2) is 72.1 Å². The van der Waals surface area contributed by atoms with Crippen LogP contribution >= 0.6 is 0 Å². The second-order valence-corrected chi connectivity index (χ2v) is 4.91. The first-order valence-electron chi connectivity index (χ1n) is 7.20. The van der Waals surface area contributed by atoms with E-state index in [-0.39, 0.29) is 0 Å². The highest BCUT2D eigenvalue weighted by molar-refractivity contribution is 5.80. The molecule has 1 heterocycles. The molecular formula is C18H16N4O. The fourth-order valence-corrected chi connectivity index (χ4v) is 1.96. The molecule has 0 bridgehead atoms. The molecule has 5 nitrogen and oxygen atoms in total. The fraction of sp³-hybridized carbons (Fsp3) is 0.0556. The third-order valence-corrected chi connectivity index (χ3v) is 2.99. The summed E-state index contributed by atoms with van der Waals surface area (Å²) in [5.74, 6) is 1.16. The van der Waals surface area contributed by atoms with E-state index in [0.29, 0.717) is 11.6 Å². The van der Waals surface area contributed by atoms with Gasteiger partial charge in [0.1, 0.15) is 5.75 Å². The van der Waals surface area contributed by atoms with Gasteiger partial charge in [0.05, 0.1) is 23.8 Å². The number of aryl methyl sites for hydroxylation is 1. The average molecular weight is 304 g/mol. The Balaban J connectivity index is 1.67. The summed E-state index contributed by atoms with van der Waals surface area (Å²) in [5, 5.41) is 4.22. The first-order valence-corrected chi connectivity index (χ1v) is 7.20. The molecule has 3 aromatic rings. The molecule has 3 rings (SSSR count). The molecule has 0 spiro atoms. The average Bonchev–Trinajstić information content (AvgIpc) is 2.56. The highest BCUT2D eigenvalue weighted by atomic mass is 16.5. The fourth-order valence-electron chi connectivity index (χ4n) is 1.96. The van der Waals surface area contributed by atoms with Gasteiger partial charge in [-0.15, -0.1) is 0 Å². The number of aromatic nitrogens is 2. The van der Waals surface area contributed by atoms with Crippen molar-refractivity contribution in [3.05, 3.63) is 78.2 Å². The summed E-state index contributed by atoms with van der Waals surface area (Å²) < 4.78 is 5.71. The van der Waals surface area contributed by atoms with E-state index >= 15 is 0 Å². The minimum atomic E-state index is 0.474. The van der Waals surface area contributed by atoms with Crippen molar-refractivity contribution in [1.29, 1.82) is 0 Å². The van der Waals surface area contributed by atoms with E-state index in [1.165, 1.54) is 0 Å². The molecule has 0 atom stereocenters. The summed E-state index contributed by atoms with van der Waals surface area (Å²) in [5.41, 5.74) is 5.65. The number of para-hydroxylation sites is 1. The van der Waals surface area contributed by atoms with Gasteiger partial charge in [-0.1, -0.05) is 30.3 Å². The molecule has 0 saturated heterocycles. The van der Waals surface area contributed by atoms with Crippen LogP contribution < -0.4 is 10.2 Å². The first-order chi connectivity index (χ1) is 11.3. The van der Waals surface area contributed by atoms with Gasteiger partial charge in [0, 0.05) is 6.20 Å². The lowest BCUT2D eigenvalue weighted by Gasteiger charge is -2.05. The maximum Gasteiger partial charge on any atom is 0.238 e. The molecule has 0 amide bonds. The van der Waals surface area contributed by atoms with Crippen molar-refractivity contribution in [1.82, 2.24) is 9.97 Å². The Hall–Kier alpha value is -3.21. The van der Waals surface area contributed by atoms with Gasteiger partial charge >= 0.3 is 0 Å². The zero-order valence-electron chi connectivity index (χ0n) is 12.7. The van der Waals surface area contributed by atoms with Crippen LogP contribution in [0.25, 0.3) is 0 Å². The maximum atomic E-state index is 5.71. The van der Waals surface area contributed by atoms with Gasteiger partial charge in [-0.2, -0.15) is 5.10 Å². The Morgan fingerprint density at radius 3 is 2.74 bits per heavy atom. The van der Waals surface area contributed by atoms with Crippen molar-refractivity contribution in [3.63, 3.8) is 0 Å². The molecular weight excluding hydrogens is 288 g/mol. The van der Waals surface area contributed by atoms with Crippen molar-refractivity contribution < 1.29 is 4.74 Å². The van der Waals surface area contributed by atoms with E-state index in [1.807, 2.05) is 61.5 Å². The molecule has 0 aliphatic heterocycles. The zero-order chi connectivity index (χ0) is 15.9. The Bertz CT molecular complexity index is 803. The van der Waals surface area contributed by atoms with Gasteiger partial charge in [-0.3, -0.25) is 10.4 Å². The molecule has 0 fully saturated rings. The van der Waals surface area contributed by atoms with Crippen LogP contribution in [0.2, 0.25) is 0 Å². The number of rotatable bonds is 5. The van der Waals surface area contributed by atoms with Crippen LogP contribution in [0.3, 0.4) is 0 Å². The summed E-state index contributed by atoms with van der Waals surface area (Å²) >= 11 is 0. The Morgan fingerprint density at radius 1 is 1.04 bits per heavy atom. The largest absolute Gasteiger partial charge is 0.437 e. The summed E-state index contributed by atoms with van der Waals surface area (Å²) in [6.45, 7) is 1.87. The number of ether oxygens (including phenoxy) is 1. The lowest BCUT2D eigenvalue weighted by molar-refractivity contribution is 0.458. The summed E-state index contributed by atoms with van der Waals surface area (Å²) in [7, 11) is 0. The number of nitrogens with one attached hydrogen (secondary N) is 1. The van der Waals surface area contributed by atoms with Gasteiger partial charge in [0.25, 0.3) is 0 Å². The smallest absolute Gasteiger partial charge is 0.238 e. The Morgan fingerprint density at radius 2 is 1.91 bits per heavy atom. The third kappa shape index (κ3) is 4.38. The van der Waals surface area contributed by atoms with Crippen molar-refractivity contribution >= 4 is 11.9 Å². The molecule has 23 heavy (non-hydrogen) atoms. The van der Waals surface area contributed by atoms with Crippen molar-refractivity contribution in [2.24, 2.45) is 5.10 Å². The molecule has 114 valence electrons. The van der Waals surface area contributed by atoms with Gasteiger partial charge in [-0.05, 0) is 36.8 Å². The number of hydrogen-bond donors (Lipinski definition) is 1. The van der Waals surface area contributed by atoms with Crippen LogP contribution in [0.5, 0.6) is 11.6 Å². The van der Waals surface area contributed by atoms with E-state index in [1.54, 1.807) is 18.6 Å².